The zero-order valence-corrected chi connectivity index (χ0v) is 25.0. The molecule has 0 spiro atoms. The number of aryl methyl sites for hydroxylation is 1. The molecule has 0 amide bonds. The average Bonchev–Trinajstić information content (AvgIpc) is 2.95. The first-order valence-corrected chi connectivity index (χ1v) is 13.7. The minimum atomic E-state index is -4.38. The number of alkyl halides is 6. The quantitative estimate of drug-likeness (QED) is 0.136. The number of halogens is 6. The number of hydrogen-bond acceptors (Lipinski definition) is 2. The molecular formula is C32H43F6N3. The number of unbranched alkanes of at least 4 members (excludes halogenated alkanes) is 1. The van der Waals surface area contributed by atoms with Crippen LogP contribution in [0.3, 0.4) is 0 Å². The smallest absolute Gasteiger partial charge is 0.398 e. The molecule has 3 N–H and O–H groups in total. The zero-order valence-electron chi connectivity index (χ0n) is 25.0. The summed E-state index contributed by atoms with van der Waals surface area (Å²) in [6.07, 6.45) is -5.33. The van der Waals surface area contributed by atoms with Crippen LogP contribution in [0.15, 0.2) is 71.7 Å². The molecule has 3 rings (SSSR count). The number of anilines is 1. The minimum absolute atomic E-state index is 0.0106. The van der Waals surface area contributed by atoms with Crippen LogP contribution >= 0.6 is 0 Å². The number of hydrogen-bond donors (Lipinski definition) is 2. The maximum atomic E-state index is 13.0. The Kier molecular flexibility index (Phi) is 17.2. The lowest BCUT2D eigenvalue weighted by Crippen LogP contribution is -2.26. The van der Waals surface area contributed by atoms with Gasteiger partial charge in [0, 0.05) is 24.8 Å². The van der Waals surface area contributed by atoms with Gasteiger partial charge in [-0.2, -0.15) is 26.3 Å². The van der Waals surface area contributed by atoms with Crippen molar-refractivity contribution >= 4 is 11.5 Å². The molecule has 0 atom stereocenters. The van der Waals surface area contributed by atoms with Crippen LogP contribution in [0.1, 0.15) is 80.8 Å². The van der Waals surface area contributed by atoms with Crippen molar-refractivity contribution < 1.29 is 26.3 Å². The van der Waals surface area contributed by atoms with E-state index in [2.05, 4.69) is 24.2 Å². The fourth-order valence-electron chi connectivity index (χ4n) is 3.51. The maximum Gasteiger partial charge on any atom is 0.416 e. The average molecular weight is 584 g/mol. The van der Waals surface area contributed by atoms with Gasteiger partial charge in [0.05, 0.1) is 11.1 Å². The molecular weight excluding hydrogens is 540 g/mol. The Hall–Kier alpha value is -3.49. The summed E-state index contributed by atoms with van der Waals surface area (Å²) in [5, 5.41) is 2.93. The predicted octanol–water partition coefficient (Wildman–Crippen LogP) is 9.86. The van der Waals surface area contributed by atoms with Gasteiger partial charge in [-0.1, -0.05) is 89.9 Å². The van der Waals surface area contributed by atoms with E-state index in [9.17, 15) is 26.3 Å². The Morgan fingerprint density at radius 1 is 0.732 bits per heavy atom. The molecule has 0 aromatic heterocycles. The number of nitrogens with two attached hydrogens (primary N) is 1. The summed E-state index contributed by atoms with van der Waals surface area (Å²) in [6.45, 7) is 11.7. The lowest BCUT2D eigenvalue weighted by Gasteiger charge is -2.15. The summed E-state index contributed by atoms with van der Waals surface area (Å²) in [5.74, 6) is 0.454. The molecule has 0 saturated heterocycles. The Morgan fingerprint density at radius 3 is 1.71 bits per heavy atom. The molecule has 0 bridgehead atoms. The molecule has 3 nitrogen and oxygen atoms in total. The SMILES string of the molecule is CC.CCCC.CCc1cccc(C(F)(F)F)c1C.CN=C(NCc1ccccc1C(F)(F)F)c1ccccc1N. The highest BCUT2D eigenvalue weighted by Gasteiger charge is 2.33. The number of nitrogens with one attached hydrogen (secondary N) is 1. The van der Waals surface area contributed by atoms with Crippen molar-refractivity contribution in [3.8, 4) is 0 Å². The summed E-state index contributed by atoms with van der Waals surface area (Å²) in [4.78, 5) is 4.07. The number of nitrogens with zero attached hydrogens (tertiary/aromatic N) is 1. The van der Waals surface area contributed by atoms with Gasteiger partial charge in [-0.25, -0.2) is 0 Å². The van der Waals surface area contributed by atoms with Crippen molar-refractivity contribution in [3.63, 3.8) is 0 Å². The second-order valence-electron chi connectivity index (χ2n) is 8.61. The van der Waals surface area contributed by atoms with E-state index >= 15 is 0 Å². The van der Waals surface area contributed by atoms with E-state index in [4.69, 9.17) is 5.73 Å². The van der Waals surface area contributed by atoms with Gasteiger partial charge in [-0.05, 0) is 54.3 Å². The van der Waals surface area contributed by atoms with Gasteiger partial charge in [0.15, 0.2) is 0 Å². The number of amidine groups is 1. The summed E-state index contributed by atoms with van der Waals surface area (Å²) in [7, 11) is 1.56. The highest BCUT2D eigenvalue weighted by molar-refractivity contribution is 6.02. The van der Waals surface area contributed by atoms with E-state index in [0.717, 1.165) is 17.7 Å². The summed E-state index contributed by atoms with van der Waals surface area (Å²) in [6, 6.07) is 16.8. The van der Waals surface area contributed by atoms with E-state index in [1.807, 2.05) is 20.8 Å². The molecule has 3 aromatic carbocycles. The number of para-hydroxylation sites is 1. The van der Waals surface area contributed by atoms with Gasteiger partial charge in [-0.15, -0.1) is 0 Å². The van der Waals surface area contributed by atoms with Crippen molar-refractivity contribution in [2.24, 2.45) is 4.99 Å². The maximum absolute atomic E-state index is 13.0. The van der Waals surface area contributed by atoms with Gasteiger partial charge in [0.1, 0.15) is 5.84 Å². The Labute approximate surface area is 240 Å². The van der Waals surface area contributed by atoms with Crippen molar-refractivity contribution in [2.45, 2.75) is 79.7 Å². The van der Waals surface area contributed by atoms with Crippen LogP contribution in [0.25, 0.3) is 0 Å². The van der Waals surface area contributed by atoms with Crippen LogP contribution in [-0.4, -0.2) is 12.9 Å². The monoisotopic (exact) mass is 583 g/mol. The third-order valence-electron chi connectivity index (χ3n) is 5.84. The molecule has 41 heavy (non-hydrogen) atoms. The van der Waals surface area contributed by atoms with Gasteiger partial charge in [0.25, 0.3) is 0 Å². The van der Waals surface area contributed by atoms with Crippen molar-refractivity contribution in [1.29, 1.82) is 0 Å². The highest BCUT2D eigenvalue weighted by Crippen LogP contribution is 2.33. The first-order valence-electron chi connectivity index (χ1n) is 13.7. The number of benzene rings is 3. The van der Waals surface area contributed by atoms with Crippen molar-refractivity contribution in [1.82, 2.24) is 5.32 Å². The molecule has 0 unspecified atom stereocenters. The zero-order chi connectivity index (χ0) is 31.6. The van der Waals surface area contributed by atoms with Gasteiger partial charge in [0.2, 0.25) is 0 Å². The van der Waals surface area contributed by atoms with E-state index in [-0.39, 0.29) is 12.1 Å². The Bertz CT molecular complexity index is 1180. The molecule has 0 heterocycles. The largest absolute Gasteiger partial charge is 0.416 e. The van der Waals surface area contributed by atoms with Crippen LogP contribution in [0.4, 0.5) is 32.0 Å². The number of aliphatic imine (C=N–C) groups is 1. The molecule has 0 fully saturated rings. The third kappa shape index (κ3) is 12.7. The molecule has 0 aliphatic heterocycles. The second kappa shape index (κ2) is 18.8. The highest BCUT2D eigenvalue weighted by atomic mass is 19.4. The lowest BCUT2D eigenvalue weighted by molar-refractivity contribution is -0.139. The molecule has 9 heteroatoms. The number of rotatable bonds is 5. The Balaban J connectivity index is 0.000000713. The van der Waals surface area contributed by atoms with E-state index < -0.39 is 23.5 Å². The van der Waals surface area contributed by atoms with Crippen LogP contribution in [0.5, 0.6) is 0 Å². The van der Waals surface area contributed by atoms with Crippen LogP contribution in [0, 0.1) is 6.92 Å². The van der Waals surface area contributed by atoms with Gasteiger partial charge in [-0.3, -0.25) is 4.99 Å². The van der Waals surface area contributed by atoms with Crippen LogP contribution in [-0.2, 0) is 25.3 Å². The van der Waals surface area contributed by atoms with Crippen LogP contribution < -0.4 is 11.1 Å². The second-order valence-corrected chi connectivity index (χ2v) is 8.61. The Morgan fingerprint density at radius 2 is 1.22 bits per heavy atom. The molecule has 0 saturated carbocycles. The van der Waals surface area contributed by atoms with Crippen molar-refractivity contribution in [3.05, 3.63) is 100 Å². The normalized spacial score (nSPS) is 11.2. The summed E-state index contributed by atoms with van der Waals surface area (Å²) < 4.78 is 76.0. The molecule has 0 radical (unpaired) electrons. The topological polar surface area (TPSA) is 50.4 Å². The van der Waals surface area contributed by atoms with Crippen molar-refractivity contribution in [2.75, 3.05) is 12.8 Å². The standard InChI is InChI=1S/C16H16F3N3.C10H11F3.C4H10.C2H6/c1-21-15(12-7-3-5-9-14(12)20)22-10-11-6-2-4-8-13(11)16(17,18)19;1-3-8-5-4-6-9(7(8)2)10(11,12)13;1-3-4-2;1-2/h2-9H,10,20H2,1H3,(H,21,22);4-6H,3H2,1-2H3;3-4H2,1-2H3;1-2H3. The summed E-state index contributed by atoms with van der Waals surface area (Å²) >= 11 is 0. The van der Waals surface area contributed by atoms with E-state index in [1.54, 1.807) is 43.4 Å². The van der Waals surface area contributed by atoms with Gasteiger partial charge >= 0.3 is 12.4 Å². The fourth-order valence-corrected chi connectivity index (χ4v) is 3.51. The fraction of sp³-hybridized carbons (Fsp3) is 0.406. The molecule has 0 aliphatic rings. The predicted molar refractivity (Wildman–Crippen MR) is 159 cm³/mol. The summed E-state index contributed by atoms with van der Waals surface area (Å²) in [5.41, 5.74) is 7.13. The third-order valence-corrected chi connectivity index (χ3v) is 5.84. The van der Waals surface area contributed by atoms with E-state index in [0.29, 0.717) is 29.1 Å². The number of nitrogen functional groups attached to an aromatic ring is 1. The van der Waals surface area contributed by atoms with Crippen LogP contribution in [0.2, 0.25) is 0 Å². The first-order chi connectivity index (χ1) is 19.3. The molecule has 0 aliphatic carbocycles. The first kappa shape index (κ1) is 37.5. The molecule has 3 aromatic rings. The van der Waals surface area contributed by atoms with Gasteiger partial charge < -0.3 is 11.1 Å². The lowest BCUT2D eigenvalue weighted by atomic mass is 10.0. The minimum Gasteiger partial charge on any atom is -0.398 e. The van der Waals surface area contributed by atoms with E-state index in [1.165, 1.54) is 38.0 Å². The molecule has 228 valence electrons.